The third kappa shape index (κ3) is 2.74. The molecule has 0 bridgehead atoms. The van der Waals surface area contributed by atoms with Crippen LogP contribution in [0, 0.1) is 0 Å². The number of rotatable bonds is 2. The van der Waals surface area contributed by atoms with E-state index < -0.39 is 0 Å². The van der Waals surface area contributed by atoms with Gasteiger partial charge in [-0.15, -0.1) is 0 Å². The lowest BCUT2D eigenvalue weighted by Gasteiger charge is -2.41. The van der Waals surface area contributed by atoms with Crippen LogP contribution in [0.25, 0.3) is 0 Å². The standard InChI is InChI=1S/C23H27NO2/c25-22-7-3-5-18-14-19(26-16-20(18)22)15-24-12-10-23(11-13-24)9-8-17-4-1-2-6-21(17)23/h1-7,19,25H,8-16H2. The molecule has 0 aromatic heterocycles. The van der Waals surface area contributed by atoms with Crippen LogP contribution < -0.4 is 0 Å². The lowest BCUT2D eigenvalue weighted by atomic mass is 9.74. The van der Waals surface area contributed by atoms with E-state index in [0.29, 0.717) is 17.8 Å². The highest BCUT2D eigenvalue weighted by atomic mass is 16.5. The molecule has 0 saturated carbocycles. The topological polar surface area (TPSA) is 32.7 Å². The minimum absolute atomic E-state index is 0.245. The maximum atomic E-state index is 9.97. The molecule has 1 atom stereocenters. The van der Waals surface area contributed by atoms with Gasteiger partial charge < -0.3 is 14.7 Å². The Kier molecular flexibility index (Phi) is 4.02. The van der Waals surface area contributed by atoms with Gasteiger partial charge in [-0.3, -0.25) is 0 Å². The highest BCUT2D eigenvalue weighted by Gasteiger charge is 2.41. The summed E-state index contributed by atoms with van der Waals surface area (Å²) < 4.78 is 6.06. The van der Waals surface area contributed by atoms with Crippen molar-refractivity contribution in [3.63, 3.8) is 0 Å². The third-order valence-electron chi connectivity index (χ3n) is 6.90. The summed E-state index contributed by atoms with van der Waals surface area (Å²) in [5.41, 5.74) is 5.85. The molecule has 1 N–H and O–H groups in total. The van der Waals surface area contributed by atoms with Crippen molar-refractivity contribution in [2.24, 2.45) is 0 Å². The molecule has 2 aromatic rings. The molecule has 0 amide bonds. The van der Waals surface area contributed by atoms with Gasteiger partial charge in [0.05, 0.1) is 12.7 Å². The number of aryl methyl sites for hydroxylation is 1. The fourth-order valence-corrected chi connectivity index (χ4v) is 5.34. The minimum Gasteiger partial charge on any atom is -0.508 e. The largest absolute Gasteiger partial charge is 0.508 e. The number of nitrogens with zero attached hydrogens (tertiary/aromatic N) is 1. The van der Waals surface area contributed by atoms with Crippen molar-refractivity contribution >= 4 is 0 Å². The van der Waals surface area contributed by atoms with E-state index in [0.717, 1.165) is 18.5 Å². The number of phenols is 1. The predicted octanol–water partition coefficient (Wildman–Crippen LogP) is 3.81. The second-order valence-corrected chi connectivity index (χ2v) is 8.29. The molecular weight excluding hydrogens is 322 g/mol. The van der Waals surface area contributed by atoms with Crippen LogP contribution >= 0.6 is 0 Å². The number of ether oxygens (including phenoxy) is 1. The zero-order chi connectivity index (χ0) is 17.6. The zero-order valence-electron chi connectivity index (χ0n) is 15.3. The third-order valence-corrected chi connectivity index (χ3v) is 6.90. The van der Waals surface area contributed by atoms with Gasteiger partial charge in [0.2, 0.25) is 0 Å². The molecular formula is C23H27NO2. The fraction of sp³-hybridized carbons (Fsp3) is 0.478. The van der Waals surface area contributed by atoms with Crippen molar-refractivity contribution in [1.82, 2.24) is 4.90 Å². The quantitative estimate of drug-likeness (QED) is 0.895. The first-order valence-electron chi connectivity index (χ1n) is 9.96. The molecule has 3 aliphatic rings. The van der Waals surface area contributed by atoms with E-state index in [1.165, 1.54) is 44.3 Å². The highest BCUT2D eigenvalue weighted by molar-refractivity contribution is 5.41. The summed E-state index contributed by atoms with van der Waals surface area (Å²) in [7, 11) is 0. The van der Waals surface area contributed by atoms with E-state index in [1.807, 2.05) is 6.07 Å². The lowest BCUT2D eigenvalue weighted by molar-refractivity contribution is -0.00406. The SMILES string of the molecule is Oc1cccc2c1COC(CN1CCC3(CCc4ccccc43)CC1)C2. The number of phenolic OH excluding ortho intramolecular Hbond substituents is 1. The van der Waals surface area contributed by atoms with Crippen molar-refractivity contribution in [2.75, 3.05) is 19.6 Å². The van der Waals surface area contributed by atoms with Gasteiger partial charge in [0.1, 0.15) is 5.75 Å². The van der Waals surface area contributed by atoms with Crippen molar-refractivity contribution in [1.29, 1.82) is 0 Å². The Morgan fingerprint density at radius 3 is 2.69 bits per heavy atom. The number of aromatic hydroxyl groups is 1. The van der Waals surface area contributed by atoms with Crippen LogP contribution in [0.4, 0.5) is 0 Å². The van der Waals surface area contributed by atoms with Crippen molar-refractivity contribution in [2.45, 2.75) is 50.2 Å². The molecule has 26 heavy (non-hydrogen) atoms. The zero-order valence-corrected chi connectivity index (χ0v) is 15.3. The van der Waals surface area contributed by atoms with Gasteiger partial charge in [-0.2, -0.15) is 0 Å². The van der Waals surface area contributed by atoms with Crippen LogP contribution in [-0.4, -0.2) is 35.7 Å². The normalized spacial score (nSPS) is 24.4. The molecule has 1 saturated heterocycles. The smallest absolute Gasteiger partial charge is 0.121 e. The summed E-state index contributed by atoms with van der Waals surface area (Å²) in [6.45, 7) is 3.88. The van der Waals surface area contributed by atoms with E-state index in [1.54, 1.807) is 17.2 Å². The lowest BCUT2D eigenvalue weighted by Crippen LogP contribution is -2.45. The van der Waals surface area contributed by atoms with Crippen LogP contribution in [-0.2, 0) is 29.6 Å². The van der Waals surface area contributed by atoms with Crippen molar-refractivity contribution in [3.8, 4) is 5.75 Å². The summed E-state index contributed by atoms with van der Waals surface area (Å²) >= 11 is 0. The van der Waals surface area contributed by atoms with Crippen LogP contribution in [0.15, 0.2) is 42.5 Å². The van der Waals surface area contributed by atoms with Gasteiger partial charge in [0, 0.05) is 18.5 Å². The molecule has 1 unspecified atom stereocenters. The Morgan fingerprint density at radius 2 is 1.81 bits per heavy atom. The first-order valence-corrected chi connectivity index (χ1v) is 9.96. The van der Waals surface area contributed by atoms with E-state index in [4.69, 9.17) is 4.74 Å². The van der Waals surface area contributed by atoms with Crippen LogP contribution in [0.5, 0.6) is 5.75 Å². The Balaban J connectivity index is 1.22. The molecule has 1 spiro atoms. The monoisotopic (exact) mass is 349 g/mol. The van der Waals surface area contributed by atoms with Crippen LogP contribution in [0.2, 0.25) is 0 Å². The van der Waals surface area contributed by atoms with Gasteiger partial charge in [-0.1, -0.05) is 36.4 Å². The molecule has 3 heteroatoms. The summed E-state index contributed by atoms with van der Waals surface area (Å²) in [6, 6.07) is 14.9. The number of piperidine rings is 1. The average Bonchev–Trinajstić information content (AvgIpc) is 3.03. The number of fused-ring (bicyclic) bond motifs is 3. The van der Waals surface area contributed by atoms with Crippen molar-refractivity contribution < 1.29 is 9.84 Å². The maximum Gasteiger partial charge on any atom is 0.121 e. The first kappa shape index (κ1) is 16.3. The number of hydrogen-bond donors (Lipinski definition) is 1. The van der Waals surface area contributed by atoms with Gasteiger partial charge in [-0.25, -0.2) is 0 Å². The molecule has 3 nitrogen and oxygen atoms in total. The Labute approximate surface area is 155 Å². The van der Waals surface area contributed by atoms with E-state index in [2.05, 4.69) is 35.2 Å². The number of benzene rings is 2. The molecule has 2 aliphatic heterocycles. The number of likely N-dealkylation sites (tertiary alicyclic amines) is 1. The minimum atomic E-state index is 0.245. The number of hydrogen-bond acceptors (Lipinski definition) is 3. The van der Waals surface area contributed by atoms with Gasteiger partial charge in [0.25, 0.3) is 0 Å². The molecule has 0 radical (unpaired) electrons. The van der Waals surface area contributed by atoms with E-state index >= 15 is 0 Å². The van der Waals surface area contributed by atoms with Gasteiger partial charge in [-0.05, 0) is 66.9 Å². The summed E-state index contributed by atoms with van der Waals surface area (Å²) in [5.74, 6) is 0.376. The second-order valence-electron chi connectivity index (χ2n) is 8.29. The molecule has 2 aromatic carbocycles. The summed E-state index contributed by atoms with van der Waals surface area (Å²) in [4.78, 5) is 2.59. The van der Waals surface area contributed by atoms with Gasteiger partial charge in [0.15, 0.2) is 0 Å². The molecule has 2 heterocycles. The summed E-state index contributed by atoms with van der Waals surface area (Å²) in [6.07, 6.45) is 6.28. The Bertz CT molecular complexity index is 808. The Hall–Kier alpha value is -1.84. The molecule has 1 aliphatic carbocycles. The molecule has 5 rings (SSSR count). The summed E-state index contributed by atoms with van der Waals surface area (Å²) in [5, 5.41) is 9.97. The predicted molar refractivity (Wildman–Crippen MR) is 103 cm³/mol. The first-order chi connectivity index (χ1) is 12.7. The maximum absolute atomic E-state index is 9.97. The van der Waals surface area contributed by atoms with E-state index in [-0.39, 0.29) is 6.10 Å². The Morgan fingerprint density at radius 1 is 1.00 bits per heavy atom. The van der Waals surface area contributed by atoms with Gasteiger partial charge >= 0.3 is 0 Å². The van der Waals surface area contributed by atoms with E-state index in [9.17, 15) is 5.11 Å². The van der Waals surface area contributed by atoms with Crippen molar-refractivity contribution in [3.05, 3.63) is 64.7 Å². The van der Waals surface area contributed by atoms with Crippen LogP contribution in [0.3, 0.4) is 0 Å². The highest BCUT2D eigenvalue weighted by Crippen LogP contribution is 2.46. The molecule has 1 fully saturated rings. The van der Waals surface area contributed by atoms with Crippen LogP contribution in [0.1, 0.15) is 41.5 Å². The fourth-order valence-electron chi connectivity index (χ4n) is 5.34. The average molecular weight is 349 g/mol. The second kappa shape index (κ2) is 6.40. The molecule has 136 valence electrons.